The second kappa shape index (κ2) is 9.66. The summed E-state index contributed by atoms with van der Waals surface area (Å²) < 4.78 is 32.0. The molecule has 0 spiro atoms. The van der Waals surface area contributed by atoms with E-state index >= 15 is 0 Å². The molecule has 1 aromatic rings. The zero-order valence-corrected chi connectivity index (χ0v) is 16.8. The van der Waals surface area contributed by atoms with E-state index in [2.05, 4.69) is 0 Å². The van der Waals surface area contributed by atoms with Crippen LogP contribution in [0, 0.1) is 0 Å². The van der Waals surface area contributed by atoms with Crippen LogP contribution in [0.1, 0.15) is 44.1 Å². The summed E-state index contributed by atoms with van der Waals surface area (Å²) in [6.07, 6.45) is 7.02. The van der Waals surface area contributed by atoms with Gasteiger partial charge in [0.15, 0.2) is 0 Å². The van der Waals surface area contributed by atoms with Gasteiger partial charge in [-0.1, -0.05) is 31.4 Å². The molecule has 0 atom stereocenters. The fourth-order valence-corrected chi connectivity index (χ4v) is 5.08. The summed E-state index contributed by atoms with van der Waals surface area (Å²) in [5, 5.41) is 0. The molecule has 2 heterocycles. The Hall–Kier alpha value is -1.44. The van der Waals surface area contributed by atoms with Crippen LogP contribution < -0.4 is 0 Å². The maximum absolute atomic E-state index is 12.6. The van der Waals surface area contributed by atoms with E-state index in [1.165, 1.54) is 23.6 Å². The van der Waals surface area contributed by atoms with E-state index in [0.717, 1.165) is 31.5 Å². The molecule has 0 saturated carbocycles. The number of aryl methyl sites for hydroxylation is 1. The molecular formula is C20H30N2O4S. The van der Waals surface area contributed by atoms with Crippen LogP contribution in [0.2, 0.25) is 0 Å². The van der Waals surface area contributed by atoms with Crippen molar-refractivity contribution in [1.29, 1.82) is 0 Å². The summed E-state index contributed by atoms with van der Waals surface area (Å²) >= 11 is 0. The van der Waals surface area contributed by atoms with Crippen LogP contribution in [0.4, 0.5) is 0 Å². The van der Waals surface area contributed by atoms with Gasteiger partial charge in [-0.25, -0.2) is 8.42 Å². The van der Waals surface area contributed by atoms with E-state index in [1.807, 2.05) is 17.0 Å². The topological polar surface area (TPSA) is 66.9 Å². The van der Waals surface area contributed by atoms with Crippen molar-refractivity contribution in [1.82, 2.24) is 9.21 Å². The summed E-state index contributed by atoms with van der Waals surface area (Å²) in [6, 6.07) is 6.96. The van der Waals surface area contributed by atoms with E-state index < -0.39 is 10.0 Å². The molecule has 150 valence electrons. The Morgan fingerprint density at radius 1 is 0.889 bits per heavy atom. The fourth-order valence-electron chi connectivity index (χ4n) is 3.67. The first-order chi connectivity index (χ1) is 13.1. The molecule has 0 unspecified atom stereocenters. The van der Waals surface area contributed by atoms with Crippen LogP contribution in [-0.4, -0.2) is 62.9 Å². The maximum atomic E-state index is 12.6. The van der Waals surface area contributed by atoms with E-state index in [1.54, 1.807) is 12.1 Å². The number of hydrogen-bond donors (Lipinski definition) is 0. The second-order valence-corrected chi connectivity index (χ2v) is 9.25. The van der Waals surface area contributed by atoms with Gasteiger partial charge >= 0.3 is 0 Å². The van der Waals surface area contributed by atoms with E-state index in [4.69, 9.17) is 4.74 Å². The van der Waals surface area contributed by atoms with Crippen LogP contribution >= 0.6 is 0 Å². The monoisotopic (exact) mass is 394 g/mol. The molecule has 0 aliphatic carbocycles. The molecule has 0 aromatic heterocycles. The van der Waals surface area contributed by atoms with Gasteiger partial charge in [-0.2, -0.15) is 4.31 Å². The molecule has 2 aliphatic heterocycles. The van der Waals surface area contributed by atoms with E-state index in [0.29, 0.717) is 44.0 Å². The van der Waals surface area contributed by atoms with Crippen LogP contribution in [0.15, 0.2) is 29.2 Å². The van der Waals surface area contributed by atoms with Crippen molar-refractivity contribution < 1.29 is 17.9 Å². The van der Waals surface area contributed by atoms with Crippen molar-refractivity contribution in [3.63, 3.8) is 0 Å². The molecule has 2 aliphatic rings. The molecule has 6 nitrogen and oxygen atoms in total. The average molecular weight is 395 g/mol. The Balaban J connectivity index is 1.55. The minimum Gasteiger partial charge on any atom is -0.379 e. The predicted molar refractivity (Wildman–Crippen MR) is 104 cm³/mol. The molecular weight excluding hydrogens is 364 g/mol. The van der Waals surface area contributed by atoms with Gasteiger partial charge in [0.05, 0.1) is 18.1 Å². The van der Waals surface area contributed by atoms with Gasteiger partial charge in [-0.05, 0) is 37.0 Å². The lowest BCUT2D eigenvalue weighted by Crippen LogP contribution is -2.40. The highest BCUT2D eigenvalue weighted by Crippen LogP contribution is 2.19. The third-order valence-electron chi connectivity index (χ3n) is 5.37. The first-order valence-electron chi connectivity index (χ1n) is 10.0. The van der Waals surface area contributed by atoms with Gasteiger partial charge in [0.25, 0.3) is 0 Å². The van der Waals surface area contributed by atoms with Crippen molar-refractivity contribution in [2.24, 2.45) is 0 Å². The first kappa shape index (κ1) is 20.3. The second-order valence-electron chi connectivity index (χ2n) is 7.31. The predicted octanol–water partition coefficient (Wildman–Crippen LogP) is 2.43. The number of nitrogens with zero attached hydrogens (tertiary/aromatic N) is 2. The number of sulfonamides is 1. The number of rotatable bonds is 5. The summed E-state index contributed by atoms with van der Waals surface area (Å²) in [7, 11) is -3.46. The highest BCUT2D eigenvalue weighted by molar-refractivity contribution is 7.89. The Bertz CT molecular complexity index is 704. The number of benzene rings is 1. The third-order valence-corrected chi connectivity index (χ3v) is 7.28. The highest BCUT2D eigenvalue weighted by atomic mass is 32.2. The summed E-state index contributed by atoms with van der Waals surface area (Å²) in [5.74, 6) is 0.210. The van der Waals surface area contributed by atoms with Gasteiger partial charge < -0.3 is 9.64 Å². The molecule has 0 N–H and O–H groups in total. The van der Waals surface area contributed by atoms with Crippen LogP contribution in [0.25, 0.3) is 0 Å². The summed E-state index contributed by atoms with van der Waals surface area (Å²) in [4.78, 5) is 14.8. The molecule has 0 bridgehead atoms. The number of morpholine rings is 1. The SMILES string of the molecule is O=C(CCc1ccc(S(=O)(=O)N2CCOCC2)cc1)N1CCCCCCC1. The highest BCUT2D eigenvalue weighted by Gasteiger charge is 2.26. The zero-order valence-electron chi connectivity index (χ0n) is 15.9. The van der Waals surface area contributed by atoms with Crippen LogP contribution in [0.5, 0.6) is 0 Å². The van der Waals surface area contributed by atoms with Crippen LogP contribution in [-0.2, 0) is 26.0 Å². The van der Waals surface area contributed by atoms with Crippen LogP contribution in [0.3, 0.4) is 0 Å². The quantitative estimate of drug-likeness (QED) is 0.769. The number of carbonyl (C=O) groups excluding carboxylic acids is 1. The van der Waals surface area contributed by atoms with Gasteiger partial charge in [-0.15, -0.1) is 0 Å². The van der Waals surface area contributed by atoms with Gasteiger partial charge in [0, 0.05) is 32.6 Å². The number of amides is 1. The van der Waals surface area contributed by atoms with Gasteiger partial charge in [0.2, 0.25) is 15.9 Å². The first-order valence-corrected chi connectivity index (χ1v) is 11.5. The molecule has 27 heavy (non-hydrogen) atoms. The lowest BCUT2D eigenvalue weighted by molar-refractivity contribution is -0.131. The molecule has 2 saturated heterocycles. The third kappa shape index (κ3) is 5.53. The Kier molecular flexibility index (Phi) is 7.26. The molecule has 3 rings (SSSR count). The Morgan fingerprint density at radius 2 is 1.48 bits per heavy atom. The van der Waals surface area contributed by atoms with Crippen molar-refractivity contribution in [2.75, 3.05) is 39.4 Å². The summed E-state index contributed by atoms with van der Waals surface area (Å²) in [6.45, 7) is 3.42. The zero-order chi connectivity index (χ0) is 19.1. The average Bonchev–Trinajstić information content (AvgIpc) is 2.67. The minimum atomic E-state index is -3.46. The molecule has 1 amide bonds. The molecule has 2 fully saturated rings. The molecule has 0 radical (unpaired) electrons. The number of hydrogen-bond acceptors (Lipinski definition) is 4. The van der Waals surface area contributed by atoms with Crippen molar-refractivity contribution in [2.45, 2.75) is 49.8 Å². The van der Waals surface area contributed by atoms with Crippen molar-refractivity contribution in [3.8, 4) is 0 Å². The largest absolute Gasteiger partial charge is 0.379 e. The Labute approximate surface area is 162 Å². The lowest BCUT2D eigenvalue weighted by Gasteiger charge is -2.26. The smallest absolute Gasteiger partial charge is 0.243 e. The maximum Gasteiger partial charge on any atom is 0.243 e. The number of likely N-dealkylation sites (tertiary alicyclic amines) is 1. The van der Waals surface area contributed by atoms with Crippen molar-refractivity contribution in [3.05, 3.63) is 29.8 Å². The number of ether oxygens (including phenoxy) is 1. The molecule has 1 aromatic carbocycles. The fraction of sp³-hybridized carbons (Fsp3) is 0.650. The van der Waals surface area contributed by atoms with Crippen molar-refractivity contribution >= 4 is 15.9 Å². The van der Waals surface area contributed by atoms with Gasteiger partial charge in [-0.3, -0.25) is 4.79 Å². The van der Waals surface area contributed by atoms with E-state index in [-0.39, 0.29) is 5.91 Å². The minimum absolute atomic E-state index is 0.210. The standard InChI is InChI=1S/C20H30N2O4S/c23-20(21-12-4-2-1-3-5-13-21)11-8-18-6-9-19(10-7-18)27(24,25)22-14-16-26-17-15-22/h6-7,9-10H,1-5,8,11-17H2. The van der Waals surface area contributed by atoms with Gasteiger partial charge in [0.1, 0.15) is 0 Å². The lowest BCUT2D eigenvalue weighted by atomic mass is 10.1. The Morgan fingerprint density at radius 3 is 2.11 bits per heavy atom. The summed E-state index contributed by atoms with van der Waals surface area (Å²) in [5.41, 5.74) is 0.997. The normalized spacial score (nSPS) is 20.1. The number of carbonyl (C=O) groups is 1. The molecule has 7 heteroatoms. The van der Waals surface area contributed by atoms with E-state index in [9.17, 15) is 13.2 Å².